The zero-order valence-electron chi connectivity index (χ0n) is 3.32. The number of aliphatic hydroxyl groups is 1. The molecule has 1 atom stereocenters. The molecular weight excluding hydrogens is 85.0 g/mol. The van der Waals surface area contributed by atoms with Crippen LogP contribution in [0, 0.1) is 0 Å². The molecule has 0 aliphatic rings. The quantitative estimate of drug-likeness (QED) is 0.495. The molecule has 0 heterocycles. The van der Waals surface area contributed by atoms with Crippen LogP contribution in [0.1, 0.15) is 0 Å². The highest BCUT2D eigenvalue weighted by atomic mass is 19.1. The lowest BCUT2D eigenvalue weighted by Gasteiger charge is -1.94. The predicted octanol–water partition coefficient (Wildman–Crippen LogP) is -0.400. The van der Waals surface area contributed by atoms with Crippen molar-refractivity contribution in [3.8, 4) is 0 Å². The predicted molar refractivity (Wildman–Crippen MR) is 19.9 cm³/mol. The van der Waals surface area contributed by atoms with Gasteiger partial charge in [-0.1, -0.05) is 0 Å². The average Bonchev–Trinajstić information content (AvgIpc) is 1.65. The maximum atomic E-state index is 11.0. The van der Waals surface area contributed by atoms with E-state index in [2.05, 4.69) is 0 Å². The van der Waals surface area contributed by atoms with E-state index in [9.17, 15) is 4.39 Å². The van der Waals surface area contributed by atoms with Crippen LogP contribution in [0.2, 0.25) is 0 Å². The summed E-state index contributed by atoms with van der Waals surface area (Å²) in [6.45, 7) is -1.04. The lowest BCUT2D eigenvalue weighted by Crippen LogP contribution is -2.14. The Morgan fingerprint density at radius 1 is 1.83 bits per heavy atom. The second kappa shape index (κ2) is 3.06. The third kappa shape index (κ3) is 2.11. The summed E-state index contributed by atoms with van der Waals surface area (Å²) in [4.78, 5) is 0. The van der Waals surface area contributed by atoms with Gasteiger partial charge in [0.05, 0.1) is 6.10 Å². The Labute approximate surface area is 35.8 Å². The van der Waals surface area contributed by atoms with Crippen LogP contribution in [0.5, 0.6) is 0 Å². The van der Waals surface area contributed by atoms with Crippen LogP contribution < -0.4 is 5.73 Å². The Bertz CT molecular complexity index is 30.0. The maximum Gasteiger partial charge on any atom is 0.117 e. The molecule has 1 unspecified atom stereocenters. The fourth-order valence-corrected chi connectivity index (χ4v) is 0.0546. The van der Waals surface area contributed by atoms with Gasteiger partial charge in [0.25, 0.3) is 0 Å². The minimum atomic E-state index is -1.06. The van der Waals surface area contributed by atoms with Crippen molar-refractivity contribution in [2.45, 2.75) is 6.10 Å². The van der Waals surface area contributed by atoms with Crippen molar-refractivity contribution in [3.63, 3.8) is 0 Å². The van der Waals surface area contributed by atoms with E-state index in [1.165, 1.54) is 0 Å². The van der Waals surface area contributed by atoms with E-state index in [0.29, 0.717) is 0 Å². The number of nitrogens with one attached hydrogen (secondary N) is 1. The Morgan fingerprint density at radius 3 is 2.33 bits per heavy atom. The number of rotatable bonds is 2. The first-order valence-corrected chi connectivity index (χ1v) is 1.70. The largest absolute Gasteiger partial charge is 0.389 e. The lowest BCUT2D eigenvalue weighted by atomic mass is 10.4. The lowest BCUT2D eigenvalue weighted by molar-refractivity contribution is 0.146. The molecule has 0 aliphatic carbocycles. The average molecular weight is 92.1 g/mol. The van der Waals surface area contributed by atoms with Gasteiger partial charge in [0, 0.05) is 6.54 Å². The molecule has 0 aliphatic heterocycles. The van der Waals surface area contributed by atoms with Gasteiger partial charge in [-0.2, -0.15) is 0 Å². The van der Waals surface area contributed by atoms with Gasteiger partial charge in [-0.3, -0.25) is 5.73 Å². The molecule has 0 aromatic carbocycles. The summed E-state index contributed by atoms with van der Waals surface area (Å²) in [5, 5.41) is 8.10. The molecule has 3 heteroatoms. The molecule has 0 rings (SSSR count). The summed E-state index contributed by atoms with van der Waals surface area (Å²) in [6, 6.07) is 0. The molecule has 0 aromatic heterocycles. The van der Waals surface area contributed by atoms with Crippen molar-refractivity contribution < 1.29 is 9.50 Å². The summed E-state index contributed by atoms with van der Waals surface area (Å²) < 4.78 is 11.0. The van der Waals surface area contributed by atoms with Crippen molar-refractivity contribution in [2.24, 2.45) is 0 Å². The van der Waals surface area contributed by atoms with Crippen LogP contribution in [-0.2, 0) is 0 Å². The highest BCUT2D eigenvalue weighted by Crippen LogP contribution is 1.76. The van der Waals surface area contributed by atoms with E-state index in [0.717, 1.165) is 0 Å². The monoisotopic (exact) mass is 92.1 g/mol. The van der Waals surface area contributed by atoms with Crippen molar-refractivity contribution in [1.82, 2.24) is 5.73 Å². The van der Waals surface area contributed by atoms with E-state index in [-0.39, 0.29) is 6.54 Å². The van der Waals surface area contributed by atoms with Gasteiger partial charge >= 0.3 is 0 Å². The van der Waals surface area contributed by atoms with Crippen molar-refractivity contribution >= 4 is 0 Å². The Morgan fingerprint density at radius 2 is 2.33 bits per heavy atom. The number of halogens is 1. The molecule has 0 saturated carbocycles. The third-order valence-electron chi connectivity index (χ3n) is 0.414. The minimum absolute atomic E-state index is 0.240. The SMILES string of the molecule is [NH]CC(O)CF. The molecule has 0 fully saturated rings. The van der Waals surface area contributed by atoms with E-state index in [1.54, 1.807) is 0 Å². The molecule has 2 nitrogen and oxygen atoms in total. The van der Waals surface area contributed by atoms with Gasteiger partial charge < -0.3 is 5.11 Å². The number of hydrogen-bond donors (Lipinski definition) is 1. The van der Waals surface area contributed by atoms with Gasteiger partial charge in [-0.25, -0.2) is 4.39 Å². The van der Waals surface area contributed by atoms with E-state index in [1.807, 2.05) is 0 Å². The van der Waals surface area contributed by atoms with Crippen LogP contribution >= 0.6 is 0 Å². The normalized spacial score (nSPS) is 14.5. The number of alkyl halides is 1. The van der Waals surface area contributed by atoms with Gasteiger partial charge in [-0.15, -0.1) is 0 Å². The standard InChI is InChI=1S/C3H7FNO/c4-1-3(6)2-5/h3,5-6H,1-2H2. The number of aliphatic hydroxyl groups excluding tert-OH is 1. The second-order valence-corrected chi connectivity index (χ2v) is 1.01. The van der Waals surface area contributed by atoms with E-state index >= 15 is 0 Å². The first kappa shape index (κ1) is 5.85. The first-order chi connectivity index (χ1) is 2.81. The van der Waals surface area contributed by atoms with Crippen LogP contribution in [0.4, 0.5) is 4.39 Å². The van der Waals surface area contributed by atoms with Crippen LogP contribution in [0.3, 0.4) is 0 Å². The molecule has 0 amide bonds. The van der Waals surface area contributed by atoms with Crippen LogP contribution in [0.15, 0.2) is 0 Å². The topological polar surface area (TPSA) is 44.0 Å². The summed E-state index contributed by atoms with van der Waals surface area (Å²) in [5.74, 6) is 0. The summed E-state index contributed by atoms with van der Waals surface area (Å²) in [6.07, 6.45) is -1.06. The summed E-state index contributed by atoms with van der Waals surface area (Å²) >= 11 is 0. The van der Waals surface area contributed by atoms with Crippen LogP contribution in [0.25, 0.3) is 0 Å². The van der Waals surface area contributed by atoms with Gasteiger partial charge in [0.1, 0.15) is 6.67 Å². The molecule has 0 saturated heterocycles. The fourth-order valence-electron chi connectivity index (χ4n) is 0.0546. The number of hydrogen-bond acceptors (Lipinski definition) is 1. The first-order valence-electron chi connectivity index (χ1n) is 1.70. The molecule has 37 valence electrons. The fraction of sp³-hybridized carbons (Fsp3) is 1.00. The summed E-state index contributed by atoms with van der Waals surface area (Å²) in [5.41, 5.74) is 6.32. The molecule has 6 heavy (non-hydrogen) atoms. The highest BCUT2D eigenvalue weighted by molar-refractivity contribution is 4.48. The molecule has 2 N–H and O–H groups in total. The maximum absolute atomic E-state index is 11.0. The molecule has 0 bridgehead atoms. The Kier molecular flexibility index (Phi) is 2.98. The third-order valence-corrected chi connectivity index (χ3v) is 0.414. The van der Waals surface area contributed by atoms with Gasteiger partial charge in [0.2, 0.25) is 0 Å². The molecular formula is C3H7FNO. The van der Waals surface area contributed by atoms with E-state index in [4.69, 9.17) is 10.8 Å². The minimum Gasteiger partial charge on any atom is -0.389 e. The van der Waals surface area contributed by atoms with Gasteiger partial charge in [-0.05, 0) is 0 Å². The van der Waals surface area contributed by atoms with Crippen molar-refractivity contribution in [2.75, 3.05) is 13.2 Å². The van der Waals surface area contributed by atoms with E-state index < -0.39 is 12.8 Å². The molecule has 0 aromatic rings. The molecule has 1 radical (unpaired) electrons. The van der Waals surface area contributed by atoms with Crippen molar-refractivity contribution in [1.29, 1.82) is 0 Å². The zero-order valence-corrected chi connectivity index (χ0v) is 3.32. The van der Waals surface area contributed by atoms with Crippen LogP contribution in [-0.4, -0.2) is 24.4 Å². The smallest absolute Gasteiger partial charge is 0.117 e. The van der Waals surface area contributed by atoms with Crippen molar-refractivity contribution in [3.05, 3.63) is 0 Å². The Balaban J connectivity index is 2.75. The molecule has 0 spiro atoms. The zero-order chi connectivity index (χ0) is 4.99. The Hall–Kier alpha value is -0.150. The second-order valence-electron chi connectivity index (χ2n) is 1.01. The van der Waals surface area contributed by atoms with Gasteiger partial charge in [0.15, 0.2) is 0 Å². The summed E-state index contributed by atoms with van der Waals surface area (Å²) in [7, 11) is 0. The highest BCUT2D eigenvalue weighted by Gasteiger charge is 1.95.